The van der Waals surface area contributed by atoms with Gasteiger partial charge in [-0.15, -0.1) is 0 Å². The van der Waals surface area contributed by atoms with E-state index >= 15 is 0 Å². The van der Waals surface area contributed by atoms with Gasteiger partial charge in [0.2, 0.25) is 0 Å². The first-order valence-electron chi connectivity index (χ1n) is 8.41. The molecule has 0 radical (unpaired) electrons. The van der Waals surface area contributed by atoms with Crippen molar-refractivity contribution in [1.29, 1.82) is 0 Å². The van der Waals surface area contributed by atoms with E-state index in [2.05, 4.69) is 21.9 Å². The fourth-order valence-corrected chi connectivity index (χ4v) is 3.37. The van der Waals surface area contributed by atoms with Crippen LogP contribution >= 0.6 is 0 Å². The maximum atomic E-state index is 13.3. The lowest BCUT2D eigenvalue weighted by Crippen LogP contribution is -2.45. The average Bonchev–Trinajstić information content (AvgIpc) is 3.04. The van der Waals surface area contributed by atoms with Crippen LogP contribution in [0.5, 0.6) is 0 Å². The Morgan fingerprint density at radius 2 is 1.54 bits per heavy atom. The number of fused-ring (bicyclic) bond motifs is 1. The van der Waals surface area contributed by atoms with Gasteiger partial charge in [-0.2, -0.15) is 0 Å². The Hall–Kier alpha value is -2.17. The van der Waals surface area contributed by atoms with Gasteiger partial charge in [0.25, 0.3) is 0 Å². The SMILES string of the molecule is Fc1cccc(CN2CCN(Cc3ccc4occc4c3)CC2)c1. The van der Waals surface area contributed by atoms with Crippen LogP contribution in [0.15, 0.2) is 59.2 Å². The van der Waals surface area contributed by atoms with Crippen LogP contribution in [0.1, 0.15) is 11.1 Å². The monoisotopic (exact) mass is 324 g/mol. The number of furan rings is 1. The van der Waals surface area contributed by atoms with Gasteiger partial charge in [-0.25, -0.2) is 4.39 Å². The number of rotatable bonds is 4. The van der Waals surface area contributed by atoms with Crippen molar-refractivity contribution in [2.45, 2.75) is 13.1 Å². The van der Waals surface area contributed by atoms with E-state index in [1.54, 1.807) is 18.4 Å². The lowest BCUT2D eigenvalue weighted by atomic mass is 10.1. The lowest BCUT2D eigenvalue weighted by molar-refractivity contribution is 0.122. The Bertz CT molecular complexity index is 821. The van der Waals surface area contributed by atoms with Crippen molar-refractivity contribution in [3.8, 4) is 0 Å². The van der Waals surface area contributed by atoms with Gasteiger partial charge in [0.05, 0.1) is 6.26 Å². The molecule has 0 aliphatic carbocycles. The Kier molecular flexibility index (Phi) is 4.32. The molecule has 0 atom stereocenters. The molecule has 24 heavy (non-hydrogen) atoms. The maximum Gasteiger partial charge on any atom is 0.133 e. The molecule has 4 rings (SSSR count). The second-order valence-corrected chi connectivity index (χ2v) is 6.47. The van der Waals surface area contributed by atoms with Crippen molar-refractivity contribution in [3.63, 3.8) is 0 Å². The topological polar surface area (TPSA) is 19.6 Å². The van der Waals surface area contributed by atoms with Gasteiger partial charge < -0.3 is 4.42 Å². The third-order valence-corrected chi connectivity index (χ3v) is 4.68. The minimum Gasteiger partial charge on any atom is -0.464 e. The van der Waals surface area contributed by atoms with Gasteiger partial charge in [0.1, 0.15) is 11.4 Å². The smallest absolute Gasteiger partial charge is 0.133 e. The summed E-state index contributed by atoms with van der Waals surface area (Å²) in [5.74, 6) is -0.152. The van der Waals surface area contributed by atoms with E-state index in [9.17, 15) is 4.39 Å². The number of halogens is 1. The summed E-state index contributed by atoms with van der Waals surface area (Å²) in [6, 6.07) is 15.3. The maximum absolute atomic E-state index is 13.3. The number of nitrogens with zero attached hydrogens (tertiary/aromatic N) is 2. The highest BCUT2D eigenvalue weighted by Gasteiger charge is 2.17. The van der Waals surface area contributed by atoms with Gasteiger partial charge in [-0.1, -0.05) is 18.2 Å². The predicted octanol–water partition coefficient (Wildman–Crippen LogP) is 3.89. The fraction of sp³-hybridized carbons (Fsp3) is 0.300. The summed E-state index contributed by atoms with van der Waals surface area (Å²) in [6.07, 6.45) is 1.74. The molecule has 1 fully saturated rings. The molecule has 0 spiro atoms. The Labute approximate surface area is 141 Å². The summed E-state index contributed by atoms with van der Waals surface area (Å²) < 4.78 is 18.7. The van der Waals surface area contributed by atoms with Crippen molar-refractivity contribution in [2.24, 2.45) is 0 Å². The van der Waals surface area contributed by atoms with E-state index in [1.165, 1.54) is 11.6 Å². The van der Waals surface area contributed by atoms with Gasteiger partial charge in [-0.3, -0.25) is 9.80 Å². The molecule has 1 saturated heterocycles. The standard InChI is InChI=1S/C20H21FN2O/c21-19-3-1-2-16(13-19)14-22-7-9-23(10-8-22)15-17-4-5-20-18(12-17)6-11-24-20/h1-6,11-13H,7-10,14-15H2. The van der Waals surface area contributed by atoms with Crippen LogP contribution in [0.3, 0.4) is 0 Å². The van der Waals surface area contributed by atoms with Crippen LogP contribution in [0.4, 0.5) is 4.39 Å². The van der Waals surface area contributed by atoms with E-state index in [4.69, 9.17) is 4.42 Å². The second kappa shape index (κ2) is 6.75. The van der Waals surface area contributed by atoms with Crippen LogP contribution < -0.4 is 0 Å². The van der Waals surface area contributed by atoms with Crippen LogP contribution in [0.25, 0.3) is 11.0 Å². The van der Waals surface area contributed by atoms with Crippen molar-refractivity contribution in [3.05, 3.63) is 71.7 Å². The molecule has 2 heterocycles. The lowest BCUT2D eigenvalue weighted by Gasteiger charge is -2.34. The number of hydrogen-bond donors (Lipinski definition) is 0. The summed E-state index contributed by atoms with van der Waals surface area (Å²) in [5, 5.41) is 1.16. The third kappa shape index (κ3) is 3.50. The molecule has 1 aromatic heterocycles. The molecule has 4 heteroatoms. The normalized spacial score (nSPS) is 16.7. The average molecular weight is 324 g/mol. The van der Waals surface area contributed by atoms with E-state index in [-0.39, 0.29) is 5.82 Å². The van der Waals surface area contributed by atoms with Crippen LogP contribution in [0, 0.1) is 5.82 Å². The molecule has 0 saturated carbocycles. The zero-order valence-corrected chi connectivity index (χ0v) is 13.6. The first-order chi connectivity index (χ1) is 11.8. The van der Waals surface area contributed by atoms with Crippen LogP contribution in [-0.4, -0.2) is 36.0 Å². The molecule has 0 amide bonds. The van der Waals surface area contributed by atoms with Crippen LogP contribution in [-0.2, 0) is 13.1 Å². The quantitative estimate of drug-likeness (QED) is 0.726. The fourth-order valence-electron chi connectivity index (χ4n) is 3.37. The van der Waals surface area contributed by atoms with E-state index in [0.29, 0.717) is 0 Å². The molecule has 1 aliphatic heterocycles. The van der Waals surface area contributed by atoms with E-state index in [1.807, 2.05) is 18.2 Å². The first-order valence-corrected chi connectivity index (χ1v) is 8.41. The van der Waals surface area contributed by atoms with Crippen molar-refractivity contribution in [1.82, 2.24) is 9.80 Å². The minimum absolute atomic E-state index is 0.152. The Morgan fingerprint density at radius 1 is 0.833 bits per heavy atom. The molecule has 3 nitrogen and oxygen atoms in total. The minimum atomic E-state index is -0.152. The summed E-state index contributed by atoms with van der Waals surface area (Å²) in [4.78, 5) is 4.87. The zero-order valence-electron chi connectivity index (χ0n) is 13.6. The molecule has 1 aliphatic rings. The molecule has 0 unspecified atom stereocenters. The molecule has 0 bridgehead atoms. The van der Waals surface area contributed by atoms with Crippen molar-refractivity contribution >= 4 is 11.0 Å². The molecular formula is C20H21FN2O. The Morgan fingerprint density at radius 3 is 2.25 bits per heavy atom. The molecule has 2 aromatic carbocycles. The number of piperazine rings is 1. The molecule has 0 N–H and O–H groups in total. The van der Waals surface area contributed by atoms with Gasteiger partial charge in [0.15, 0.2) is 0 Å². The highest BCUT2D eigenvalue weighted by molar-refractivity contribution is 5.77. The van der Waals surface area contributed by atoms with E-state index in [0.717, 1.165) is 55.8 Å². The summed E-state index contributed by atoms with van der Waals surface area (Å²) in [6.45, 7) is 5.91. The summed E-state index contributed by atoms with van der Waals surface area (Å²) >= 11 is 0. The number of hydrogen-bond acceptors (Lipinski definition) is 3. The van der Waals surface area contributed by atoms with Crippen molar-refractivity contribution in [2.75, 3.05) is 26.2 Å². The first kappa shape index (κ1) is 15.4. The molecule has 124 valence electrons. The van der Waals surface area contributed by atoms with Gasteiger partial charge in [0, 0.05) is 44.7 Å². The Balaban J connectivity index is 1.32. The number of benzene rings is 2. The largest absolute Gasteiger partial charge is 0.464 e. The third-order valence-electron chi connectivity index (χ3n) is 4.68. The second-order valence-electron chi connectivity index (χ2n) is 6.47. The van der Waals surface area contributed by atoms with E-state index < -0.39 is 0 Å². The molecular weight excluding hydrogens is 303 g/mol. The highest BCUT2D eigenvalue weighted by atomic mass is 19.1. The molecule has 3 aromatic rings. The van der Waals surface area contributed by atoms with Crippen LogP contribution in [0.2, 0.25) is 0 Å². The predicted molar refractivity (Wildman–Crippen MR) is 93.2 cm³/mol. The summed E-state index contributed by atoms with van der Waals surface area (Å²) in [7, 11) is 0. The summed E-state index contributed by atoms with van der Waals surface area (Å²) in [5.41, 5.74) is 3.31. The zero-order chi connectivity index (χ0) is 16.4. The van der Waals surface area contributed by atoms with Gasteiger partial charge >= 0.3 is 0 Å². The van der Waals surface area contributed by atoms with Crippen molar-refractivity contribution < 1.29 is 8.81 Å². The van der Waals surface area contributed by atoms with Gasteiger partial charge in [-0.05, 0) is 41.5 Å². The highest BCUT2D eigenvalue weighted by Crippen LogP contribution is 2.19.